The van der Waals surface area contributed by atoms with Gasteiger partial charge in [0.2, 0.25) is 0 Å². The monoisotopic (exact) mass is 245 g/mol. The third-order valence-electron chi connectivity index (χ3n) is 2.50. The summed E-state index contributed by atoms with van der Waals surface area (Å²) in [4.78, 5) is 3.97. The second-order valence-electron chi connectivity index (χ2n) is 3.30. The highest BCUT2D eigenvalue weighted by molar-refractivity contribution is 9.10. The van der Waals surface area contributed by atoms with Crippen molar-refractivity contribution in [2.75, 3.05) is 6.54 Å². The van der Waals surface area contributed by atoms with Crippen LogP contribution in [0.25, 0.3) is 0 Å². The van der Waals surface area contributed by atoms with Crippen LogP contribution in [0.2, 0.25) is 0 Å². The van der Waals surface area contributed by atoms with Crippen LogP contribution in [0.3, 0.4) is 0 Å². The number of hydrogen-bond donors (Lipinski definition) is 0. The molecule has 0 N–H and O–H groups in total. The highest BCUT2D eigenvalue weighted by Crippen LogP contribution is 2.27. The van der Waals surface area contributed by atoms with Crippen LogP contribution in [0.15, 0.2) is 15.9 Å². The molecule has 66 valence electrons. The van der Waals surface area contributed by atoms with E-state index in [1.54, 1.807) is 0 Å². The SMILES string of the molecule is CC1CCN1Cc1sccc1Br. The maximum Gasteiger partial charge on any atom is 0.0342 e. The fourth-order valence-corrected chi connectivity index (χ4v) is 2.93. The average Bonchev–Trinajstić information content (AvgIpc) is 2.44. The minimum Gasteiger partial charge on any atom is -0.295 e. The van der Waals surface area contributed by atoms with Crippen LogP contribution in [-0.2, 0) is 6.54 Å². The molecule has 0 spiro atoms. The minimum atomic E-state index is 0.791. The third-order valence-corrected chi connectivity index (χ3v) is 4.41. The van der Waals surface area contributed by atoms with E-state index >= 15 is 0 Å². The van der Waals surface area contributed by atoms with Crippen molar-refractivity contribution in [2.45, 2.75) is 25.9 Å². The molecular formula is C9H12BrNS. The van der Waals surface area contributed by atoms with Crippen molar-refractivity contribution in [3.05, 3.63) is 20.8 Å². The van der Waals surface area contributed by atoms with E-state index < -0.39 is 0 Å². The lowest BCUT2D eigenvalue weighted by atomic mass is 10.1. The van der Waals surface area contributed by atoms with Gasteiger partial charge in [-0.15, -0.1) is 11.3 Å². The van der Waals surface area contributed by atoms with E-state index in [9.17, 15) is 0 Å². The van der Waals surface area contributed by atoms with Crippen LogP contribution in [-0.4, -0.2) is 17.5 Å². The van der Waals surface area contributed by atoms with Gasteiger partial charge in [0.15, 0.2) is 0 Å². The Labute approximate surface area is 85.5 Å². The number of halogens is 1. The Morgan fingerprint density at radius 1 is 1.75 bits per heavy atom. The van der Waals surface area contributed by atoms with E-state index in [0.717, 1.165) is 12.6 Å². The maximum absolute atomic E-state index is 3.55. The van der Waals surface area contributed by atoms with Gasteiger partial charge in [-0.25, -0.2) is 0 Å². The lowest BCUT2D eigenvalue weighted by molar-refractivity contribution is 0.0970. The van der Waals surface area contributed by atoms with Gasteiger partial charge in [0, 0.05) is 28.5 Å². The zero-order chi connectivity index (χ0) is 8.55. The van der Waals surface area contributed by atoms with Gasteiger partial charge < -0.3 is 0 Å². The summed E-state index contributed by atoms with van der Waals surface area (Å²) in [6.07, 6.45) is 1.36. The van der Waals surface area contributed by atoms with E-state index in [1.165, 1.54) is 22.3 Å². The van der Waals surface area contributed by atoms with Crippen LogP contribution < -0.4 is 0 Å². The fraction of sp³-hybridized carbons (Fsp3) is 0.556. The molecule has 0 radical (unpaired) electrons. The molecule has 0 amide bonds. The summed E-state index contributed by atoms with van der Waals surface area (Å²) < 4.78 is 1.27. The highest BCUT2D eigenvalue weighted by Gasteiger charge is 2.23. The molecule has 2 heterocycles. The molecule has 0 saturated carbocycles. The summed E-state index contributed by atoms with van der Waals surface area (Å²) in [7, 11) is 0. The van der Waals surface area contributed by atoms with Crippen LogP contribution in [0.1, 0.15) is 18.2 Å². The van der Waals surface area contributed by atoms with E-state index in [2.05, 4.69) is 39.2 Å². The molecule has 2 rings (SSSR count). The molecular weight excluding hydrogens is 234 g/mol. The maximum atomic E-state index is 3.55. The van der Waals surface area contributed by atoms with Gasteiger partial charge in [0.1, 0.15) is 0 Å². The molecule has 1 aromatic rings. The van der Waals surface area contributed by atoms with Gasteiger partial charge in [-0.3, -0.25) is 4.90 Å². The molecule has 1 aliphatic heterocycles. The number of likely N-dealkylation sites (tertiary alicyclic amines) is 1. The largest absolute Gasteiger partial charge is 0.295 e. The molecule has 1 saturated heterocycles. The van der Waals surface area contributed by atoms with Gasteiger partial charge in [0.25, 0.3) is 0 Å². The number of nitrogens with zero attached hydrogens (tertiary/aromatic N) is 1. The highest BCUT2D eigenvalue weighted by atomic mass is 79.9. The Balaban J connectivity index is 1.99. The van der Waals surface area contributed by atoms with Gasteiger partial charge in [-0.2, -0.15) is 0 Å². The first-order valence-electron chi connectivity index (χ1n) is 4.23. The molecule has 3 heteroatoms. The molecule has 1 nitrogen and oxygen atoms in total. The Kier molecular flexibility index (Phi) is 2.53. The van der Waals surface area contributed by atoms with Gasteiger partial charge >= 0.3 is 0 Å². The minimum absolute atomic E-state index is 0.791. The average molecular weight is 246 g/mol. The number of thiophene rings is 1. The van der Waals surface area contributed by atoms with Gasteiger partial charge in [-0.05, 0) is 40.7 Å². The van der Waals surface area contributed by atoms with E-state index in [1.807, 2.05) is 11.3 Å². The molecule has 12 heavy (non-hydrogen) atoms. The summed E-state index contributed by atoms with van der Waals surface area (Å²) in [5.41, 5.74) is 0. The first-order chi connectivity index (χ1) is 5.77. The van der Waals surface area contributed by atoms with Crippen LogP contribution in [0.5, 0.6) is 0 Å². The van der Waals surface area contributed by atoms with Gasteiger partial charge in [-0.1, -0.05) is 0 Å². The Morgan fingerprint density at radius 2 is 2.58 bits per heavy atom. The van der Waals surface area contributed by atoms with E-state index in [-0.39, 0.29) is 0 Å². The quantitative estimate of drug-likeness (QED) is 0.775. The van der Waals surface area contributed by atoms with Crippen LogP contribution >= 0.6 is 27.3 Å². The molecule has 1 aromatic heterocycles. The van der Waals surface area contributed by atoms with Crippen molar-refractivity contribution in [2.24, 2.45) is 0 Å². The van der Waals surface area contributed by atoms with Crippen molar-refractivity contribution in [3.63, 3.8) is 0 Å². The van der Waals surface area contributed by atoms with Crippen molar-refractivity contribution >= 4 is 27.3 Å². The molecule has 0 bridgehead atoms. The Bertz CT molecular complexity index is 271. The van der Waals surface area contributed by atoms with Crippen molar-refractivity contribution in [1.82, 2.24) is 4.90 Å². The predicted molar refractivity (Wildman–Crippen MR) is 56.5 cm³/mol. The molecule has 1 unspecified atom stereocenters. The third kappa shape index (κ3) is 1.58. The molecule has 0 aliphatic carbocycles. The first kappa shape index (κ1) is 8.73. The topological polar surface area (TPSA) is 3.24 Å². The lowest BCUT2D eigenvalue weighted by Gasteiger charge is -2.38. The molecule has 1 atom stereocenters. The molecule has 1 fully saturated rings. The summed E-state index contributed by atoms with van der Waals surface area (Å²) >= 11 is 5.39. The van der Waals surface area contributed by atoms with E-state index in [4.69, 9.17) is 0 Å². The fourth-order valence-electron chi connectivity index (χ4n) is 1.43. The van der Waals surface area contributed by atoms with Crippen molar-refractivity contribution in [1.29, 1.82) is 0 Å². The summed E-state index contributed by atoms with van der Waals surface area (Å²) in [5.74, 6) is 0. The summed E-state index contributed by atoms with van der Waals surface area (Å²) in [6, 6.07) is 2.92. The van der Waals surface area contributed by atoms with Crippen molar-refractivity contribution in [3.8, 4) is 0 Å². The zero-order valence-electron chi connectivity index (χ0n) is 7.09. The second-order valence-corrected chi connectivity index (χ2v) is 5.15. The van der Waals surface area contributed by atoms with Crippen LogP contribution in [0.4, 0.5) is 0 Å². The number of hydrogen-bond acceptors (Lipinski definition) is 2. The van der Waals surface area contributed by atoms with Crippen molar-refractivity contribution < 1.29 is 0 Å². The zero-order valence-corrected chi connectivity index (χ0v) is 9.49. The lowest BCUT2D eigenvalue weighted by Crippen LogP contribution is -2.44. The summed E-state index contributed by atoms with van der Waals surface area (Å²) in [6.45, 7) is 4.69. The molecule has 1 aliphatic rings. The Morgan fingerprint density at radius 3 is 3.00 bits per heavy atom. The standard InChI is InChI=1S/C9H12BrNS/c1-7-2-4-11(7)6-9-8(10)3-5-12-9/h3,5,7H,2,4,6H2,1H3. The number of rotatable bonds is 2. The normalized spacial score (nSPS) is 24.0. The van der Waals surface area contributed by atoms with Crippen LogP contribution in [0, 0.1) is 0 Å². The van der Waals surface area contributed by atoms with Gasteiger partial charge in [0.05, 0.1) is 0 Å². The first-order valence-corrected chi connectivity index (χ1v) is 5.90. The Hall–Kier alpha value is 0.140. The smallest absolute Gasteiger partial charge is 0.0342 e. The summed E-state index contributed by atoms with van der Waals surface area (Å²) in [5, 5.41) is 2.14. The predicted octanol–water partition coefficient (Wildman–Crippen LogP) is 3.10. The van der Waals surface area contributed by atoms with E-state index in [0.29, 0.717) is 0 Å². The second kappa shape index (κ2) is 3.48. The molecule has 0 aromatic carbocycles.